The van der Waals surface area contributed by atoms with Crippen LogP contribution in [-0.2, 0) is 0 Å². The molecule has 0 saturated heterocycles. The normalized spacial score (nSPS) is 12.5. The third kappa shape index (κ3) is 2.46. The van der Waals surface area contributed by atoms with E-state index in [4.69, 9.17) is 22.1 Å². The Bertz CT molecular complexity index is 524. The highest BCUT2D eigenvalue weighted by molar-refractivity contribution is 7.10. The second-order valence-electron chi connectivity index (χ2n) is 3.80. The van der Waals surface area contributed by atoms with Gasteiger partial charge in [0.1, 0.15) is 5.75 Å². The van der Waals surface area contributed by atoms with E-state index >= 15 is 0 Å². The standard InChI is InChI=1S/C13H14ClNOS/c1-8-10(5-6-17-8)13(15)11-4-3-9(14)7-12(11)16-2/h3-7,13H,15H2,1-2H3. The number of nitrogens with two attached hydrogens (primary N) is 1. The van der Waals surface area contributed by atoms with Crippen LogP contribution in [0.4, 0.5) is 0 Å². The maximum absolute atomic E-state index is 6.27. The van der Waals surface area contributed by atoms with Crippen LogP contribution in [0.3, 0.4) is 0 Å². The maximum atomic E-state index is 6.27. The van der Waals surface area contributed by atoms with Gasteiger partial charge in [-0.25, -0.2) is 0 Å². The highest BCUT2D eigenvalue weighted by Gasteiger charge is 2.16. The van der Waals surface area contributed by atoms with Crippen LogP contribution in [0.2, 0.25) is 5.02 Å². The molecule has 90 valence electrons. The molecule has 2 nitrogen and oxygen atoms in total. The van der Waals surface area contributed by atoms with Crippen LogP contribution in [0.15, 0.2) is 29.6 Å². The van der Waals surface area contributed by atoms with Gasteiger partial charge in [-0.05, 0) is 36.1 Å². The molecule has 0 saturated carbocycles. The molecule has 17 heavy (non-hydrogen) atoms. The average Bonchev–Trinajstić information content (AvgIpc) is 2.74. The van der Waals surface area contributed by atoms with Crippen molar-refractivity contribution >= 4 is 22.9 Å². The molecule has 1 aromatic carbocycles. The second-order valence-corrected chi connectivity index (χ2v) is 5.35. The summed E-state index contributed by atoms with van der Waals surface area (Å²) in [4.78, 5) is 1.23. The molecule has 0 fully saturated rings. The molecule has 1 heterocycles. The molecule has 0 aliphatic rings. The Labute approximate surface area is 110 Å². The van der Waals surface area contributed by atoms with Crippen molar-refractivity contribution in [1.29, 1.82) is 0 Å². The number of benzene rings is 1. The summed E-state index contributed by atoms with van der Waals surface area (Å²) in [6, 6.07) is 7.43. The molecular weight excluding hydrogens is 254 g/mol. The van der Waals surface area contributed by atoms with Crippen LogP contribution >= 0.6 is 22.9 Å². The fraction of sp³-hybridized carbons (Fsp3) is 0.231. The molecule has 2 N–H and O–H groups in total. The Morgan fingerprint density at radius 3 is 2.65 bits per heavy atom. The van der Waals surface area contributed by atoms with Gasteiger partial charge in [0, 0.05) is 15.5 Å². The van der Waals surface area contributed by atoms with E-state index in [1.807, 2.05) is 17.5 Å². The van der Waals surface area contributed by atoms with Crippen molar-refractivity contribution < 1.29 is 4.74 Å². The van der Waals surface area contributed by atoms with Gasteiger partial charge in [-0.15, -0.1) is 11.3 Å². The zero-order valence-corrected chi connectivity index (χ0v) is 11.3. The summed E-state index contributed by atoms with van der Waals surface area (Å²) < 4.78 is 5.32. The minimum atomic E-state index is -0.173. The fourth-order valence-corrected chi connectivity index (χ4v) is 2.74. The number of aryl methyl sites for hydroxylation is 1. The van der Waals surface area contributed by atoms with Gasteiger partial charge >= 0.3 is 0 Å². The smallest absolute Gasteiger partial charge is 0.125 e. The zero-order valence-electron chi connectivity index (χ0n) is 9.74. The van der Waals surface area contributed by atoms with Crippen LogP contribution in [0.25, 0.3) is 0 Å². The minimum Gasteiger partial charge on any atom is -0.496 e. The fourth-order valence-electron chi connectivity index (χ4n) is 1.83. The lowest BCUT2D eigenvalue weighted by Crippen LogP contribution is -2.13. The summed E-state index contributed by atoms with van der Waals surface area (Å²) in [5.41, 5.74) is 8.36. The highest BCUT2D eigenvalue weighted by Crippen LogP contribution is 2.33. The van der Waals surface area contributed by atoms with Crippen molar-refractivity contribution in [3.8, 4) is 5.75 Å². The van der Waals surface area contributed by atoms with E-state index in [-0.39, 0.29) is 6.04 Å². The molecule has 0 radical (unpaired) electrons. The van der Waals surface area contributed by atoms with E-state index in [0.717, 1.165) is 16.9 Å². The molecule has 0 aliphatic heterocycles. The third-order valence-corrected chi connectivity index (χ3v) is 3.86. The third-order valence-electron chi connectivity index (χ3n) is 2.76. The van der Waals surface area contributed by atoms with Crippen molar-refractivity contribution in [3.63, 3.8) is 0 Å². The Balaban J connectivity index is 2.44. The first-order valence-electron chi connectivity index (χ1n) is 5.26. The van der Waals surface area contributed by atoms with E-state index < -0.39 is 0 Å². The average molecular weight is 268 g/mol. The van der Waals surface area contributed by atoms with E-state index in [1.54, 1.807) is 24.5 Å². The molecule has 0 bridgehead atoms. The lowest BCUT2D eigenvalue weighted by Gasteiger charge is -2.16. The molecule has 1 unspecified atom stereocenters. The Kier molecular flexibility index (Phi) is 3.72. The quantitative estimate of drug-likeness (QED) is 0.919. The van der Waals surface area contributed by atoms with Crippen molar-refractivity contribution in [2.75, 3.05) is 7.11 Å². The number of hydrogen-bond donors (Lipinski definition) is 1. The number of thiophene rings is 1. The molecule has 1 aromatic heterocycles. The van der Waals surface area contributed by atoms with E-state index in [2.05, 4.69) is 13.0 Å². The van der Waals surface area contributed by atoms with Gasteiger partial charge in [0.25, 0.3) is 0 Å². The van der Waals surface area contributed by atoms with Crippen molar-refractivity contribution in [2.45, 2.75) is 13.0 Å². The number of ether oxygens (including phenoxy) is 1. The van der Waals surface area contributed by atoms with Gasteiger partial charge in [-0.3, -0.25) is 0 Å². The summed E-state index contributed by atoms with van der Waals surface area (Å²) >= 11 is 7.63. The minimum absolute atomic E-state index is 0.173. The predicted molar refractivity (Wildman–Crippen MR) is 73.1 cm³/mol. The molecule has 0 spiro atoms. The van der Waals surface area contributed by atoms with Crippen LogP contribution in [0.5, 0.6) is 5.75 Å². The molecule has 1 atom stereocenters. The summed E-state index contributed by atoms with van der Waals surface area (Å²) in [6.07, 6.45) is 0. The zero-order chi connectivity index (χ0) is 12.4. The van der Waals surface area contributed by atoms with Gasteiger partial charge in [-0.1, -0.05) is 17.7 Å². The number of halogens is 1. The van der Waals surface area contributed by atoms with Crippen LogP contribution in [0, 0.1) is 6.92 Å². The van der Waals surface area contributed by atoms with Gasteiger partial charge in [-0.2, -0.15) is 0 Å². The lowest BCUT2D eigenvalue weighted by molar-refractivity contribution is 0.408. The Morgan fingerprint density at radius 2 is 2.06 bits per heavy atom. The molecule has 2 rings (SSSR count). The van der Waals surface area contributed by atoms with Gasteiger partial charge in [0.15, 0.2) is 0 Å². The molecule has 4 heteroatoms. The van der Waals surface area contributed by atoms with Gasteiger partial charge < -0.3 is 10.5 Å². The van der Waals surface area contributed by atoms with Crippen LogP contribution in [0.1, 0.15) is 22.0 Å². The summed E-state index contributed by atoms with van der Waals surface area (Å²) in [5.74, 6) is 0.732. The van der Waals surface area contributed by atoms with E-state index in [9.17, 15) is 0 Å². The number of methoxy groups -OCH3 is 1. The van der Waals surface area contributed by atoms with Crippen molar-refractivity contribution in [1.82, 2.24) is 0 Å². The van der Waals surface area contributed by atoms with Gasteiger partial charge in [0.2, 0.25) is 0 Å². The maximum Gasteiger partial charge on any atom is 0.125 e. The first-order valence-corrected chi connectivity index (χ1v) is 6.52. The first-order chi connectivity index (χ1) is 8.13. The largest absolute Gasteiger partial charge is 0.496 e. The molecular formula is C13H14ClNOS. The number of hydrogen-bond acceptors (Lipinski definition) is 3. The Morgan fingerprint density at radius 1 is 1.29 bits per heavy atom. The molecule has 0 amide bonds. The molecule has 2 aromatic rings. The first kappa shape index (κ1) is 12.4. The lowest BCUT2D eigenvalue weighted by atomic mass is 9.99. The summed E-state index contributed by atoms with van der Waals surface area (Å²) in [6.45, 7) is 2.07. The van der Waals surface area contributed by atoms with Crippen molar-refractivity contribution in [3.05, 3.63) is 50.7 Å². The number of rotatable bonds is 3. The monoisotopic (exact) mass is 267 g/mol. The Hall–Kier alpha value is -1.03. The van der Waals surface area contributed by atoms with Crippen molar-refractivity contribution in [2.24, 2.45) is 5.73 Å². The SMILES string of the molecule is COc1cc(Cl)ccc1C(N)c1ccsc1C. The highest BCUT2D eigenvalue weighted by atomic mass is 35.5. The van der Waals surface area contributed by atoms with Crippen LogP contribution in [-0.4, -0.2) is 7.11 Å². The topological polar surface area (TPSA) is 35.2 Å². The summed E-state index contributed by atoms with van der Waals surface area (Å²) in [7, 11) is 1.63. The summed E-state index contributed by atoms with van der Waals surface area (Å²) in [5, 5.41) is 2.70. The second kappa shape index (κ2) is 5.08. The van der Waals surface area contributed by atoms with Crippen LogP contribution < -0.4 is 10.5 Å². The van der Waals surface area contributed by atoms with Gasteiger partial charge in [0.05, 0.1) is 13.2 Å². The van der Waals surface area contributed by atoms with E-state index in [0.29, 0.717) is 5.02 Å². The van der Waals surface area contributed by atoms with E-state index in [1.165, 1.54) is 4.88 Å². The predicted octanol–water partition coefficient (Wildman–Crippen LogP) is 3.77. The molecule has 0 aliphatic carbocycles.